The summed E-state index contributed by atoms with van der Waals surface area (Å²) in [6, 6.07) is 12.5. The molecule has 0 heterocycles. The molecule has 0 aromatic heterocycles. The first-order valence-corrected chi connectivity index (χ1v) is 5.87. The molecule has 19 heavy (non-hydrogen) atoms. The highest BCUT2D eigenvalue weighted by Gasteiger charge is 2.17. The van der Waals surface area contributed by atoms with E-state index in [1.165, 1.54) is 18.2 Å². The molecule has 2 rings (SSSR count). The maximum atomic E-state index is 13.0. The summed E-state index contributed by atoms with van der Waals surface area (Å²) in [6.07, 6.45) is -1.27. The SMILES string of the molecule is Cc1ccc(C(O)C(=O)Nc2cccc(F)c2)cc1. The van der Waals surface area contributed by atoms with Gasteiger partial charge in [0.25, 0.3) is 5.91 Å². The summed E-state index contributed by atoms with van der Waals surface area (Å²) in [7, 11) is 0. The summed E-state index contributed by atoms with van der Waals surface area (Å²) in [5, 5.41) is 12.4. The molecule has 4 heteroatoms. The van der Waals surface area contributed by atoms with Gasteiger partial charge in [0, 0.05) is 5.69 Å². The van der Waals surface area contributed by atoms with Crippen molar-refractivity contribution in [1.82, 2.24) is 0 Å². The Hall–Kier alpha value is -2.20. The van der Waals surface area contributed by atoms with Crippen molar-refractivity contribution in [2.45, 2.75) is 13.0 Å². The van der Waals surface area contributed by atoms with E-state index < -0.39 is 17.8 Å². The van der Waals surface area contributed by atoms with Gasteiger partial charge in [-0.05, 0) is 30.7 Å². The van der Waals surface area contributed by atoms with Crippen molar-refractivity contribution in [3.63, 3.8) is 0 Å². The summed E-state index contributed by atoms with van der Waals surface area (Å²) in [5.41, 5.74) is 1.86. The fraction of sp³-hybridized carbons (Fsp3) is 0.133. The Balaban J connectivity index is 2.09. The normalized spacial score (nSPS) is 11.9. The van der Waals surface area contributed by atoms with Crippen LogP contribution in [-0.2, 0) is 4.79 Å². The van der Waals surface area contributed by atoms with Crippen LogP contribution in [0.15, 0.2) is 48.5 Å². The van der Waals surface area contributed by atoms with Crippen molar-refractivity contribution in [3.05, 3.63) is 65.5 Å². The van der Waals surface area contributed by atoms with Gasteiger partial charge in [-0.25, -0.2) is 4.39 Å². The van der Waals surface area contributed by atoms with Gasteiger partial charge >= 0.3 is 0 Å². The van der Waals surface area contributed by atoms with Crippen LogP contribution in [0.4, 0.5) is 10.1 Å². The van der Waals surface area contributed by atoms with Crippen LogP contribution >= 0.6 is 0 Å². The van der Waals surface area contributed by atoms with E-state index in [0.717, 1.165) is 5.56 Å². The highest BCUT2D eigenvalue weighted by Crippen LogP contribution is 2.17. The van der Waals surface area contributed by atoms with Crippen LogP contribution in [0.5, 0.6) is 0 Å². The molecule has 2 aromatic carbocycles. The Morgan fingerprint density at radius 1 is 1.21 bits per heavy atom. The van der Waals surface area contributed by atoms with Crippen molar-refractivity contribution in [2.75, 3.05) is 5.32 Å². The minimum absolute atomic E-state index is 0.316. The molecular weight excluding hydrogens is 245 g/mol. The molecule has 0 spiro atoms. The van der Waals surface area contributed by atoms with Gasteiger partial charge in [-0.1, -0.05) is 35.9 Å². The van der Waals surface area contributed by atoms with E-state index in [1.807, 2.05) is 19.1 Å². The van der Waals surface area contributed by atoms with Gasteiger partial charge < -0.3 is 10.4 Å². The molecule has 3 nitrogen and oxygen atoms in total. The van der Waals surface area contributed by atoms with Crippen LogP contribution in [0.3, 0.4) is 0 Å². The second-order valence-electron chi connectivity index (χ2n) is 4.31. The Kier molecular flexibility index (Phi) is 3.92. The van der Waals surface area contributed by atoms with E-state index in [-0.39, 0.29) is 0 Å². The lowest BCUT2D eigenvalue weighted by Gasteiger charge is -2.12. The quantitative estimate of drug-likeness (QED) is 0.890. The highest BCUT2D eigenvalue weighted by atomic mass is 19.1. The van der Waals surface area contributed by atoms with Crippen molar-refractivity contribution < 1.29 is 14.3 Å². The van der Waals surface area contributed by atoms with E-state index >= 15 is 0 Å². The van der Waals surface area contributed by atoms with Crippen LogP contribution in [-0.4, -0.2) is 11.0 Å². The van der Waals surface area contributed by atoms with Gasteiger partial charge in [-0.3, -0.25) is 4.79 Å². The van der Waals surface area contributed by atoms with Crippen LogP contribution in [0, 0.1) is 12.7 Å². The summed E-state index contributed by atoms with van der Waals surface area (Å²) in [6.45, 7) is 1.92. The molecule has 0 saturated carbocycles. The average molecular weight is 259 g/mol. The zero-order valence-corrected chi connectivity index (χ0v) is 10.4. The Bertz CT molecular complexity index is 581. The highest BCUT2D eigenvalue weighted by molar-refractivity contribution is 5.94. The fourth-order valence-electron chi connectivity index (χ4n) is 1.68. The van der Waals surface area contributed by atoms with Crippen LogP contribution in [0.2, 0.25) is 0 Å². The zero-order chi connectivity index (χ0) is 13.8. The number of anilines is 1. The van der Waals surface area contributed by atoms with E-state index in [2.05, 4.69) is 5.32 Å². The Morgan fingerprint density at radius 3 is 2.53 bits per heavy atom. The summed E-state index contributed by atoms with van der Waals surface area (Å²) < 4.78 is 13.0. The molecule has 98 valence electrons. The van der Waals surface area contributed by atoms with Crippen LogP contribution < -0.4 is 5.32 Å². The first-order valence-electron chi connectivity index (χ1n) is 5.87. The number of amides is 1. The number of rotatable bonds is 3. The van der Waals surface area contributed by atoms with E-state index in [4.69, 9.17) is 0 Å². The third-order valence-corrected chi connectivity index (χ3v) is 2.73. The molecule has 1 atom stereocenters. The summed E-state index contributed by atoms with van der Waals surface area (Å²) in [4.78, 5) is 11.8. The van der Waals surface area contributed by atoms with Crippen molar-refractivity contribution >= 4 is 11.6 Å². The molecule has 0 aliphatic rings. The molecule has 0 saturated heterocycles. The smallest absolute Gasteiger partial charge is 0.257 e. The van der Waals surface area contributed by atoms with Crippen molar-refractivity contribution in [2.24, 2.45) is 0 Å². The van der Waals surface area contributed by atoms with Gasteiger partial charge in [0.1, 0.15) is 5.82 Å². The molecule has 0 fully saturated rings. The Labute approximate surface area is 110 Å². The predicted molar refractivity (Wildman–Crippen MR) is 71.2 cm³/mol. The number of hydrogen-bond acceptors (Lipinski definition) is 2. The number of aliphatic hydroxyl groups excluding tert-OH is 1. The molecule has 2 aromatic rings. The van der Waals surface area contributed by atoms with Gasteiger partial charge in [0.2, 0.25) is 0 Å². The molecule has 1 amide bonds. The van der Waals surface area contributed by atoms with Crippen molar-refractivity contribution in [1.29, 1.82) is 0 Å². The van der Waals surface area contributed by atoms with E-state index in [9.17, 15) is 14.3 Å². The molecule has 0 radical (unpaired) electrons. The minimum Gasteiger partial charge on any atom is -0.378 e. The number of nitrogens with one attached hydrogen (secondary N) is 1. The molecule has 0 bridgehead atoms. The third kappa shape index (κ3) is 3.39. The number of benzene rings is 2. The van der Waals surface area contributed by atoms with E-state index in [1.54, 1.807) is 18.2 Å². The fourth-order valence-corrected chi connectivity index (χ4v) is 1.68. The topological polar surface area (TPSA) is 49.3 Å². The van der Waals surface area contributed by atoms with Gasteiger partial charge in [-0.2, -0.15) is 0 Å². The summed E-state index contributed by atoms with van der Waals surface area (Å²) >= 11 is 0. The molecule has 1 unspecified atom stereocenters. The number of carbonyl (C=O) groups is 1. The van der Waals surface area contributed by atoms with Crippen molar-refractivity contribution in [3.8, 4) is 0 Å². The lowest BCUT2D eigenvalue weighted by atomic mass is 10.1. The zero-order valence-electron chi connectivity index (χ0n) is 10.4. The second kappa shape index (κ2) is 5.63. The van der Waals surface area contributed by atoms with Crippen LogP contribution in [0.25, 0.3) is 0 Å². The predicted octanol–water partition coefficient (Wildman–Crippen LogP) is 2.81. The lowest BCUT2D eigenvalue weighted by molar-refractivity contribution is -0.124. The lowest BCUT2D eigenvalue weighted by Crippen LogP contribution is -2.20. The minimum atomic E-state index is -1.27. The second-order valence-corrected chi connectivity index (χ2v) is 4.31. The van der Waals surface area contributed by atoms with E-state index in [0.29, 0.717) is 11.3 Å². The van der Waals surface area contributed by atoms with Gasteiger partial charge in [0.05, 0.1) is 0 Å². The average Bonchev–Trinajstić information content (AvgIpc) is 2.39. The summed E-state index contributed by atoms with van der Waals surface area (Å²) in [5.74, 6) is -1.03. The van der Waals surface area contributed by atoms with Gasteiger partial charge in [-0.15, -0.1) is 0 Å². The molecule has 0 aliphatic carbocycles. The number of carbonyl (C=O) groups excluding carboxylic acids is 1. The Morgan fingerprint density at radius 2 is 1.89 bits per heavy atom. The maximum absolute atomic E-state index is 13.0. The number of hydrogen-bond donors (Lipinski definition) is 2. The largest absolute Gasteiger partial charge is 0.378 e. The van der Waals surface area contributed by atoms with Gasteiger partial charge in [0.15, 0.2) is 6.10 Å². The maximum Gasteiger partial charge on any atom is 0.257 e. The molecular formula is C15H14FNO2. The first kappa shape index (κ1) is 13.2. The standard InChI is InChI=1S/C15H14FNO2/c1-10-5-7-11(8-6-10)14(18)15(19)17-13-4-2-3-12(16)9-13/h2-9,14,18H,1H3,(H,17,19). The number of aliphatic hydroxyl groups is 1. The van der Waals surface area contributed by atoms with Crippen LogP contribution in [0.1, 0.15) is 17.2 Å². The molecule has 0 aliphatic heterocycles. The number of aryl methyl sites for hydroxylation is 1. The molecule has 2 N–H and O–H groups in total. The number of halogens is 1. The monoisotopic (exact) mass is 259 g/mol. The third-order valence-electron chi connectivity index (χ3n) is 2.73. The first-order chi connectivity index (χ1) is 9.06.